The molecule has 0 spiro atoms. The van der Waals surface area contributed by atoms with Crippen molar-refractivity contribution in [3.8, 4) is 11.6 Å². The maximum atomic E-state index is 13.6. The van der Waals surface area contributed by atoms with Crippen LogP contribution >= 0.6 is 11.6 Å². The second-order valence-corrected chi connectivity index (χ2v) is 10.4. The van der Waals surface area contributed by atoms with Crippen molar-refractivity contribution in [2.75, 3.05) is 25.5 Å². The highest BCUT2D eigenvalue weighted by atomic mass is 35.5. The number of carbonyl (C=O) groups is 2. The summed E-state index contributed by atoms with van der Waals surface area (Å²) in [5, 5.41) is 14.7. The molecule has 9 heteroatoms. The number of nitrogens with one attached hydrogen (secondary N) is 1. The number of aromatic nitrogens is 1. The minimum atomic E-state index is -1.02. The molecule has 2 atom stereocenters. The Bertz CT molecular complexity index is 1290. The predicted molar refractivity (Wildman–Crippen MR) is 139 cm³/mol. The fourth-order valence-corrected chi connectivity index (χ4v) is 4.52. The summed E-state index contributed by atoms with van der Waals surface area (Å²) in [4.78, 5) is 31.2. The van der Waals surface area contributed by atoms with Crippen LogP contribution in [0.2, 0.25) is 5.02 Å². The molecule has 190 valence electrons. The van der Waals surface area contributed by atoms with Gasteiger partial charge >= 0.3 is 5.97 Å². The van der Waals surface area contributed by atoms with E-state index in [4.69, 9.17) is 21.1 Å². The summed E-state index contributed by atoms with van der Waals surface area (Å²) in [7, 11) is 1.59. The van der Waals surface area contributed by atoms with E-state index in [0.717, 1.165) is 10.8 Å². The quantitative estimate of drug-likeness (QED) is 0.455. The van der Waals surface area contributed by atoms with E-state index in [1.165, 1.54) is 12.1 Å². The van der Waals surface area contributed by atoms with Crippen LogP contribution in [0.15, 0.2) is 48.7 Å². The number of halogens is 1. The number of carbonyl (C=O) groups excluding carboxylic acids is 1. The third kappa shape index (κ3) is 5.49. The van der Waals surface area contributed by atoms with E-state index in [-0.39, 0.29) is 17.6 Å². The number of pyridine rings is 1. The minimum Gasteiger partial charge on any atom is -0.494 e. The van der Waals surface area contributed by atoms with Crippen LogP contribution in [-0.2, 0) is 4.79 Å². The number of aromatic carboxylic acids is 1. The third-order valence-corrected chi connectivity index (χ3v) is 6.50. The Morgan fingerprint density at radius 3 is 2.67 bits per heavy atom. The average molecular weight is 512 g/mol. The lowest BCUT2D eigenvalue weighted by Crippen LogP contribution is -2.49. The molecule has 1 saturated heterocycles. The Labute approximate surface area is 215 Å². The first-order chi connectivity index (χ1) is 17.1. The van der Waals surface area contributed by atoms with Gasteiger partial charge in [-0.05, 0) is 41.8 Å². The SMILES string of the molecule is COc1cnc(O[C@@H]2CCN(C(=O)[C@@H](Nc3cccc(C(=O)O)c3)C(C)(C)C)C2)c2cc(Cl)ccc12. The number of hydrogen-bond donors (Lipinski definition) is 2. The summed E-state index contributed by atoms with van der Waals surface area (Å²) in [5.41, 5.74) is 0.328. The first-order valence-electron chi connectivity index (χ1n) is 11.7. The molecule has 1 aliphatic heterocycles. The highest BCUT2D eigenvalue weighted by Crippen LogP contribution is 2.34. The molecule has 3 aromatic rings. The van der Waals surface area contributed by atoms with Gasteiger partial charge in [0.2, 0.25) is 11.8 Å². The van der Waals surface area contributed by atoms with Crippen molar-refractivity contribution >= 4 is 39.9 Å². The number of ether oxygens (including phenoxy) is 2. The van der Waals surface area contributed by atoms with Gasteiger partial charge in [-0.2, -0.15) is 0 Å². The van der Waals surface area contributed by atoms with Crippen molar-refractivity contribution in [1.29, 1.82) is 0 Å². The van der Waals surface area contributed by atoms with Crippen molar-refractivity contribution in [2.45, 2.75) is 39.3 Å². The molecule has 2 heterocycles. The van der Waals surface area contributed by atoms with Crippen LogP contribution in [0.1, 0.15) is 37.6 Å². The first kappa shape index (κ1) is 25.6. The number of methoxy groups -OCH3 is 1. The highest BCUT2D eigenvalue weighted by molar-refractivity contribution is 6.31. The number of fused-ring (bicyclic) bond motifs is 1. The molecule has 0 radical (unpaired) electrons. The average Bonchev–Trinajstić information content (AvgIpc) is 3.30. The molecular weight excluding hydrogens is 482 g/mol. The normalized spacial score (nSPS) is 16.6. The van der Waals surface area contributed by atoms with E-state index >= 15 is 0 Å². The summed E-state index contributed by atoms with van der Waals surface area (Å²) in [6.07, 6.45) is 2.05. The van der Waals surface area contributed by atoms with Crippen molar-refractivity contribution in [2.24, 2.45) is 5.41 Å². The van der Waals surface area contributed by atoms with Crippen molar-refractivity contribution < 1.29 is 24.2 Å². The largest absolute Gasteiger partial charge is 0.494 e. The van der Waals surface area contributed by atoms with E-state index in [9.17, 15) is 14.7 Å². The predicted octanol–water partition coefficient (Wildman–Crippen LogP) is 5.10. The van der Waals surface area contributed by atoms with Crippen LogP contribution in [0, 0.1) is 5.41 Å². The molecule has 4 rings (SSSR count). The number of amides is 1. The van der Waals surface area contributed by atoms with Crippen LogP contribution in [0.25, 0.3) is 10.8 Å². The number of carboxylic acids is 1. The summed E-state index contributed by atoms with van der Waals surface area (Å²) in [6, 6.07) is 11.4. The number of likely N-dealkylation sites (tertiary alicyclic amines) is 1. The molecule has 1 aromatic heterocycles. The van der Waals surface area contributed by atoms with Gasteiger partial charge in [0.1, 0.15) is 17.9 Å². The maximum absolute atomic E-state index is 13.6. The van der Waals surface area contributed by atoms with Gasteiger partial charge in [0.05, 0.1) is 25.4 Å². The zero-order valence-electron chi connectivity index (χ0n) is 20.7. The number of anilines is 1. The Kier molecular flexibility index (Phi) is 7.26. The van der Waals surface area contributed by atoms with Crippen LogP contribution in [0.4, 0.5) is 5.69 Å². The van der Waals surface area contributed by atoms with E-state index in [1.54, 1.807) is 42.5 Å². The summed E-state index contributed by atoms with van der Waals surface area (Å²) < 4.78 is 11.7. The number of carboxylic acid groups (broad SMARTS) is 1. The molecule has 1 aliphatic rings. The van der Waals surface area contributed by atoms with Crippen LogP contribution < -0.4 is 14.8 Å². The first-order valence-corrected chi connectivity index (χ1v) is 12.1. The fourth-order valence-electron chi connectivity index (χ4n) is 4.34. The van der Waals surface area contributed by atoms with Gasteiger partial charge in [-0.25, -0.2) is 9.78 Å². The molecule has 0 aliphatic carbocycles. The minimum absolute atomic E-state index is 0.0649. The van der Waals surface area contributed by atoms with Crippen molar-refractivity contribution in [1.82, 2.24) is 9.88 Å². The topological polar surface area (TPSA) is 101 Å². The zero-order valence-corrected chi connectivity index (χ0v) is 21.5. The molecule has 2 aromatic carbocycles. The Hall–Kier alpha value is -3.52. The number of nitrogens with zero attached hydrogens (tertiary/aromatic N) is 2. The molecule has 0 saturated carbocycles. The highest BCUT2D eigenvalue weighted by Gasteiger charge is 2.38. The molecule has 1 fully saturated rings. The molecule has 36 heavy (non-hydrogen) atoms. The van der Waals surface area contributed by atoms with Crippen molar-refractivity contribution in [3.05, 3.63) is 59.2 Å². The second kappa shape index (κ2) is 10.2. The van der Waals surface area contributed by atoms with Crippen LogP contribution in [-0.4, -0.2) is 59.2 Å². The monoisotopic (exact) mass is 511 g/mol. The standard InChI is InChI=1S/C27H30ClN3O5/c1-27(2,3)23(30-18-7-5-6-16(12-18)26(33)34)25(32)31-11-10-19(15-31)36-24-21-13-17(28)8-9-20(21)22(35-4)14-29-24/h5-9,12-14,19,23,30H,10-11,15H2,1-4H3,(H,33,34)/t19-,23-/m1/s1. The lowest BCUT2D eigenvalue weighted by molar-refractivity contribution is -0.133. The fraction of sp³-hybridized carbons (Fsp3) is 0.370. The van der Waals surface area contributed by atoms with Gasteiger partial charge < -0.3 is 24.8 Å². The molecule has 0 unspecified atom stereocenters. The van der Waals surface area contributed by atoms with E-state index in [1.807, 2.05) is 26.8 Å². The summed E-state index contributed by atoms with van der Waals surface area (Å²) in [5.74, 6) is -0.00502. The van der Waals surface area contributed by atoms with E-state index < -0.39 is 17.4 Å². The second-order valence-electron chi connectivity index (χ2n) is 9.96. The van der Waals surface area contributed by atoms with Gasteiger partial charge in [0.25, 0.3) is 0 Å². The lowest BCUT2D eigenvalue weighted by atomic mass is 9.85. The molecule has 0 bridgehead atoms. The number of benzene rings is 2. The van der Waals surface area contributed by atoms with Gasteiger partial charge in [0.15, 0.2) is 0 Å². The molecule has 2 N–H and O–H groups in total. The van der Waals surface area contributed by atoms with E-state index in [0.29, 0.717) is 41.8 Å². The number of rotatable bonds is 7. The van der Waals surface area contributed by atoms with Gasteiger partial charge in [-0.1, -0.05) is 38.4 Å². The zero-order chi connectivity index (χ0) is 26.0. The van der Waals surface area contributed by atoms with E-state index in [2.05, 4.69) is 10.3 Å². The Morgan fingerprint density at radius 1 is 1.19 bits per heavy atom. The smallest absolute Gasteiger partial charge is 0.335 e. The van der Waals surface area contributed by atoms with Crippen LogP contribution in [0.5, 0.6) is 11.6 Å². The van der Waals surface area contributed by atoms with Gasteiger partial charge in [-0.15, -0.1) is 0 Å². The molecule has 1 amide bonds. The Morgan fingerprint density at radius 2 is 1.97 bits per heavy atom. The van der Waals surface area contributed by atoms with Crippen LogP contribution in [0.3, 0.4) is 0 Å². The Balaban J connectivity index is 1.50. The third-order valence-electron chi connectivity index (χ3n) is 6.26. The van der Waals surface area contributed by atoms with Gasteiger partial charge in [0, 0.05) is 34.4 Å². The van der Waals surface area contributed by atoms with Crippen molar-refractivity contribution in [3.63, 3.8) is 0 Å². The molecule has 8 nitrogen and oxygen atoms in total. The lowest BCUT2D eigenvalue weighted by Gasteiger charge is -2.34. The maximum Gasteiger partial charge on any atom is 0.335 e. The summed E-state index contributed by atoms with van der Waals surface area (Å²) in [6.45, 7) is 6.89. The summed E-state index contributed by atoms with van der Waals surface area (Å²) >= 11 is 6.22. The van der Waals surface area contributed by atoms with Gasteiger partial charge in [-0.3, -0.25) is 4.79 Å². The molecular formula is C27H30ClN3O5. The number of hydrogen-bond acceptors (Lipinski definition) is 6.